The summed E-state index contributed by atoms with van der Waals surface area (Å²) in [6.07, 6.45) is 5.74. The molecule has 0 radical (unpaired) electrons. The lowest BCUT2D eigenvalue weighted by Gasteiger charge is -2.22. The van der Waals surface area contributed by atoms with Crippen LogP contribution in [0.4, 0.5) is 5.69 Å². The quantitative estimate of drug-likeness (QED) is 0.397. The average molecular weight is 542 g/mol. The molecule has 0 bridgehead atoms. The maximum atomic E-state index is 12.5. The Morgan fingerprint density at radius 3 is 2.23 bits per heavy atom. The molecule has 5 nitrogen and oxygen atoms in total. The van der Waals surface area contributed by atoms with Gasteiger partial charge in [-0.2, -0.15) is 0 Å². The van der Waals surface area contributed by atoms with Crippen molar-refractivity contribution in [3.8, 4) is 0 Å². The number of hydrogen-bond donors (Lipinski definition) is 1. The second-order valence-corrected chi connectivity index (χ2v) is 10.7. The molecule has 0 aromatic heterocycles. The molecule has 30 heavy (non-hydrogen) atoms. The Hall–Kier alpha value is -1.61. The van der Waals surface area contributed by atoms with Crippen LogP contribution in [0.25, 0.3) is 0 Å². The Bertz CT molecular complexity index is 912. The van der Waals surface area contributed by atoms with E-state index < -0.39 is 10.0 Å². The summed E-state index contributed by atoms with van der Waals surface area (Å²) in [5, 5.41) is 3.03. The Kier molecular flexibility index (Phi) is 9.61. The van der Waals surface area contributed by atoms with E-state index in [4.69, 9.17) is 0 Å². The first-order chi connectivity index (χ1) is 14.2. The van der Waals surface area contributed by atoms with Gasteiger partial charge in [0.05, 0.1) is 18.5 Å². The van der Waals surface area contributed by atoms with Crippen LogP contribution >= 0.6 is 22.6 Å². The maximum Gasteiger partial charge on any atom is 0.251 e. The highest BCUT2D eigenvalue weighted by Crippen LogP contribution is 2.22. The summed E-state index contributed by atoms with van der Waals surface area (Å²) in [6, 6.07) is 14.5. The lowest BCUT2D eigenvalue weighted by atomic mass is 9.99. The van der Waals surface area contributed by atoms with Crippen LogP contribution in [-0.2, 0) is 16.6 Å². The first kappa shape index (κ1) is 24.7. The number of carbonyl (C=O) groups excluding carboxylic acids is 1. The van der Waals surface area contributed by atoms with Gasteiger partial charge in [0.25, 0.3) is 5.91 Å². The summed E-state index contributed by atoms with van der Waals surface area (Å²) in [5.41, 5.74) is 2.03. The SMILES string of the molecule is CCCC[C@H](CC)CNC(=O)c1ccc(CN(c2ccc(I)cc2)S(C)(=O)=O)cc1. The van der Waals surface area contributed by atoms with Gasteiger partial charge in [0.1, 0.15) is 0 Å². The molecule has 1 amide bonds. The van der Waals surface area contributed by atoms with Crippen LogP contribution in [0.15, 0.2) is 48.5 Å². The van der Waals surface area contributed by atoms with Gasteiger partial charge in [-0.1, -0.05) is 45.2 Å². The van der Waals surface area contributed by atoms with Gasteiger partial charge in [0.2, 0.25) is 10.0 Å². The number of unbranched alkanes of at least 4 members (excludes halogenated alkanes) is 1. The predicted molar refractivity (Wildman–Crippen MR) is 132 cm³/mol. The van der Waals surface area contributed by atoms with Gasteiger partial charge in [-0.05, 0) is 76.9 Å². The Morgan fingerprint density at radius 1 is 1.07 bits per heavy atom. The third-order valence-electron chi connectivity index (χ3n) is 5.15. The number of amides is 1. The molecule has 0 aliphatic heterocycles. The molecule has 0 saturated heterocycles. The number of nitrogens with zero attached hydrogens (tertiary/aromatic N) is 1. The highest BCUT2D eigenvalue weighted by atomic mass is 127. The van der Waals surface area contributed by atoms with E-state index in [-0.39, 0.29) is 12.5 Å². The summed E-state index contributed by atoms with van der Waals surface area (Å²) in [6.45, 7) is 5.24. The van der Waals surface area contributed by atoms with E-state index >= 15 is 0 Å². The molecule has 1 N–H and O–H groups in total. The fourth-order valence-corrected chi connectivity index (χ4v) is 4.46. The molecule has 2 aromatic rings. The van der Waals surface area contributed by atoms with Gasteiger partial charge in [-0.3, -0.25) is 9.10 Å². The average Bonchev–Trinajstić information content (AvgIpc) is 2.72. The molecule has 0 spiro atoms. The van der Waals surface area contributed by atoms with Crippen LogP contribution in [-0.4, -0.2) is 27.1 Å². The van der Waals surface area contributed by atoms with Crippen LogP contribution in [0.1, 0.15) is 55.5 Å². The van der Waals surface area contributed by atoms with Crippen LogP contribution < -0.4 is 9.62 Å². The van der Waals surface area contributed by atoms with E-state index in [1.807, 2.05) is 24.3 Å². The third kappa shape index (κ3) is 7.58. The van der Waals surface area contributed by atoms with Crippen molar-refractivity contribution in [3.05, 3.63) is 63.2 Å². The van der Waals surface area contributed by atoms with E-state index in [0.29, 0.717) is 23.7 Å². The van der Waals surface area contributed by atoms with Crippen molar-refractivity contribution in [2.24, 2.45) is 5.92 Å². The molecule has 2 rings (SSSR count). The standard InChI is InChI=1S/C23H31IN2O3S/c1-4-6-7-18(5-2)16-25-23(27)20-10-8-19(9-11-20)17-26(30(3,28)29)22-14-12-21(24)13-15-22/h8-15,18H,4-7,16-17H2,1-3H3,(H,25,27)/t18-/m0/s1. The lowest BCUT2D eigenvalue weighted by Crippen LogP contribution is -2.30. The molecule has 7 heteroatoms. The van der Waals surface area contributed by atoms with Gasteiger partial charge in [0.15, 0.2) is 0 Å². The minimum absolute atomic E-state index is 0.0888. The highest BCUT2D eigenvalue weighted by Gasteiger charge is 2.18. The van der Waals surface area contributed by atoms with Gasteiger partial charge >= 0.3 is 0 Å². The topological polar surface area (TPSA) is 66.5 Å². The van der Waals surface area contributed by atoms with Crippen molar-refractivity contribution < 1.29 is 13.2 Å². The predicted octanol–water partition coefficient (Wildman–Crippen LogP) is 5.20. The van der Waals surface area contributed by atoms with Crippen LogP contribution in [0, 0.1) is 9.49 Å². The van der Waals surface area contributed by atoms with E-state index in [2.05, 4.69) is 41.8 Å². The van der Waals surface area contributed by atoms with Crippen molar-refractivity contribution in [3.63, 3.8) is 0 Å². The molecule has 1 atom stereocenters. The summed E-state index contributed by atoms with van der Waals surface area (Å²) in [7, 11) is -3.43. The monoisotopic (exact) mass is 542 g/mol. The van der Waals surface area contributed by atoms with Crippen LogP contribution in [0.3, 0.4) is 0 Å². The molecule has 0 saturated carbocycles. The minimum atomic E-state index is -3.43. The first-order valence-corrected chi connectivity index (χ1v) is 13.3. The van der Waals surface area contributed by atoms with E-state index in [1.165, 1.54) is 23.4 Å². The fraction of sp³-hybridized carbons (Fsp3) is 0.435. The van der Waals surface area contributed by atoms with Crippen molar-refractivity contribution in [2.75, 3.05) is 17.1 Å². The van der Waals surface area contributed by atoms with Crippen molar-refractivity contribution in [2.45, 2.75) is 46.1 Å². The summed E-state index contributed by atoms with van der Waals surface area (Å²) in [4.78, 5) is 12.5. The van der Waals surface area contributed by atoms with Crippen molar-refractivity contribution >= 4 is 44.2 Å². The van der Waals surface area contributed by atoms with Crippen LogP contribution in [0.2, 0.25) is 0 Å². The molecule has 0 fully saturated rings. The smallest absolute Gasteiger partial charge is 0.251 e. The summed E-state index contributed by atoms with van der Waals surface area (Å²) in [5.74, 6) is 0.416. The normalized spacial score (nSPS) is 12.4. The molecular formula is C23H31IN2O3S. The zero-order valence-electron chi connectivity index (χ0n) is 17.9. The van der Waals surface area contributed by atoms with Crippen molar-refractivity contribution in [1.82, 2.24) is 5.32 Å². The molecule has 164 valence electrons. The Morgan fingerprint density at radius 2 is 1.70 bits per heavy atom. The Balaban J connectivity index is 2.04. The van der Waals surface area contributed by atoms with Crippen LogP contribution in [0.5, 0.6) is 0 Å². The second kappa shape index (κ2) is 11.7. The number of sulfonamides is 1. The van der Waals surface area contributed by atoms with E-state index in [0.717, 1.165) is 22.0 Å². The summed E-state index contributed by atoms with van der Waals surface area (Å²) >= 11 is 2.19. The molecule has 0 unspecified atom stereocenters. The zero-order valence-corrected chi connectivity index (χ0v) is 20.9. The number of benzene rings is 2. The molecule has 0 aliphatic carbocycles. The fourth-order valence-electron chi connectivity index (χ4n) is 3.22. The second-order valence-electron chi connectivity index (χ2n) is 7.57. The van der Waals surface area contributed by atoms with Gasteiger partial charge in [-0.25, -0.2) is 8.42 Å². The third-order valence-corrected chi connectivity index (χ3v) is 7.01. The highest BCUT2D eigenvalue weighted by molar-refractivity contribution is 14.1. The van der Waals surface area contributed by atoms with Gasteiger partial charge in [-0.15, -0.1) is 0 Å². The number of rotatable bonds is 11. The lowest BCUT2D eigenvalue weighted by molar-refractivity contribution is 0.0946. The van der Waals surface area contributed by atoms with Gasteiger partial charge < -0.3 is 5.32 Å². The Labute approximate surface area is 194 Å². The number of anilines is 1. The van der Waals surface area contributed by atoms with Gasteiger partial charge in [0, 0.05) is 15.7 Å². The molecule has 0 heterocycles. The number of nitrogens with one attached hydrogen (secondary N) is 1. The van der Waals surface area contributed by atoms with E-state index in [9.17, 15) is 13.2 Å². The molecular weight excluding hydrogens is 511 g/mol. The molecule has 0 aliphatic rings. The number of halogens is 1. The van der Waals surface area contributed by atoms with Crippen molar-refractivity contribution in [1.29, 1.82) is 0 Å². The van der Waals surface area contributed by atoms with E-state index in [1.54, 1.807) is 24.3 Å². The maximum absolute atomic E-state index is 12.5. The first-order valence-electron chi connectivity index (χ1n) is 10.3. The largest absolute Gasteiger partial charge is 0.352 e. The summed E-state index contributed by atoms with van der Waals surface area (Å²) < 4.78 is 27.0. The minimum Gasteiger partial charge on any atom is -0.352 e. The number of carbonyl (C=O) groups is 1. The molecule has 2 aromatic carbocycles. The number of hydrogen-bond acceptors (Lipinski definition) is 3. The zero-order chi connectivity index (χ0) is 22.1.